The van der Waals surface area contributed by atoms with Gasteiger partial charge in [0.05, 0.1) is 22.5 Å². The van der Waals surface area contributed by atoms with Gasteiger partial charge >= 0.3 is 0 Å². The average Bonchev–Trinajstić information content (AvgIpc) is 2.74. The fourth-order valence-corrected chi connectivity index (χ4v) is 3.88. The predicted octanol–water partition coefficient (Wildman–Crippen LogP) is 5.66. The molecule has 0 aliphatic carbocycles. The second-order valence-corrected chi connectivity index (χ2v) is 8.28. The second kappa shape index (κ2) is 10.7. The quantitative estimate of drug-likeness (QED) is 0.218. The first-order valence-electron chi connectivity index (χ1n) is 8.94. The van der Waals surface area contributed by atoms with Crippen LogP contribution in [0.3, 0.4) is 0 Å². The van der Waals surface area contributed by atoms with Gasteiger partial charge in [-0.3, -0.25) is 4.79 Å². The first-order valence-corrected chi connectivity index (χ1v) is 10.8. The van der Waals surface area contributed by atoms with Crippen molar-refractivity contribution in [2.75, 3.05) is 7.11 Å². The Morgan fingerprint density at radius 3 is 2.68 bits per heavy atom. The molecule has 0 unspecified atom stereocenters. The lowest BCUT2D eigenvalue weighted by Gasteiger charge is -2.14. The zero-order valence-corrected chi connectivity index (χ0v) is 19.9. The summed E-state index contributed by atoms with van der Waals surface area (Å²) in [6.45, 7) is 0.242. The third-order valence-electron chi connectivity index (χ3n) is 4.17. The molecule has 3 aromatic rings. The summed E-state index contributed by atoms with van der Waals surface area (Å²) >= 11 is 14.3. The number of rotatable bonds is 7. The number of carbonyl (C=O) groups excluding carboxylic acids is 1. The first kappa shape index (κ1) is 23.2. The molecule has 31 heavy (non-hydrogen) atoms. The molecule has 0 spiro atoms. The topological polar surface area (TPSA) is 80.2 Å². The maximum atomic E-state index is 12.1. The number of aromatic hydroxyl groups is 1. The molecule has 9 heteroatoms. The second-order valence-electron chi connectivity index (χ2n) is 6.27. The highest BCUT2D eigenvalue weighted by molar-refractivity contribution is 14.1. The Morgan fingerprint density at radius 2 is 1.97 bits per heavy atom. The molecule has 1 amide bonds. The number of hydrogen-bond donors (Lipinski definition) is 2. The van der Waals surface area contributed by atoms with Crippen molar-refractivity contribution < 1.29 is 19.4 Å². The van der Waals surface area contributed by atoms with Crippen LogP contribution in [0.5, 0.6) is 17.2 Å². The van der Waals surface area contributed by atoms with Crippen LogP contribution in [0.25, 0.3) is 0 Å². The van der Waals surface area contributed by atoms with Crippen LogP contribution in [-0.4, -0.2) is 24.3 Å². The average molecular weight is 571 g/mol. The molecule has 0 radical (unpaired) electrons. The summed E-state index contributed by atoms with van der Waals surface area (Å²) in [5.41, 5.74) is 4.01. The lowest BCUT2D eigenvalue weighted by molar-refractivity contribution is 0.0952. The Balaban J connectivity index is 1.72. The third kappa shape index (κ3) is 6.03. The van der Waals surface area contributed by atoms with Crippen LogP contribution in [-0.2, 0) is 6.61 Å². The number of phenolic OH excluding ortho intramolecular Hbond substituents is 1. The van der Waals surface area contributed by atoms with Crippen molar-refractivity contribution in [3.63, 3.8) is 0 Å². The number of hydrogen-bond acceptors (Lipinski definition) is 5. The Hall–Kier alpha value is -2.49. The maximum absolute atomic E-state index is 12.1. The van der Waals surface area contributed by atoms with Crippen molar-refractivity contribution in [1.29, 1.82) is 0 Å². The normalized spacial score (nSPS) is 10.8. The molecule has 0 aliphatic heterocycles. The van der Waals surface area contributed by atoms with Crippen molar-refractivity contribution in [1.82, 2.24) is 5.43 Å². The fourth-order valence-electron chi connectivity index (χ4n) is 2.63. The number of ether oxygens (including phenoxy) is 2. The van der Waals surface area contributed by atoms with Gasteiger partial charge in [0.15, 0.2) is 11.5 Å². The molecule has 0 aliphatic rings. The molecular weight excluding hydrogens is 554 g/mol. The van der Waals surface area contributed by atoms with E-state index >= 15 is 0 Å². The lowest BCUT2D eigenvalue weighted by Crippen LogP contribution is -2.17. The van der Waals surface area contributed by atoms with Crippen molar-refractivity contribution in [2.45, 2.75) is 6.61 Å². The Bertz CT molecular complexity index is 1140. The van der Waals surface area contributed by atoms with Gasteiger partial charge in [-0.25, -0.2) is 5.43 Å². The van der Waals surface area contributed by atoms with Gasteiger partial charge in [0.25, 0.3) is 5.91 Å². The monoisotopic (exact) mass is 570 g/mol. The van der Waals surface area contributed by atoms with Gasteiger partial charge in [0.2, 0.25) is 0 Å². The van der Waals surface area contributed by atoms with E-state index in [9.17, 15) is 9.90 Å². The molecule has 3 rings (SSSR count). The molecule has 6 nitrogen and oxygen atoms in total. The summed E-state index contributed by atoms with van der Waals surface area (Å²) in [7, 11) is 1.54. The van der Waals surface area contributed by atoms with Crippen LogP contribution in [0.4, 0.5) is 0 Å². The number of hydrazone groups is 1. The van der Waals surface area contributed by atoms with Crippen LogP contribution in [0.2, 0.25) is 10.0 Å². The first-order chi connectivity index (χ1) is 14.9. The number of carbonyl (C=O) groups is 1. The van der Waals surface area contributed by atoms with E-state index in [0.29, 0.717) is 27.1 Å². The van der Waals surface area contributed by atoms with Crippen molar-refractivity contribution in [3.05, 3.63) is 84.9 Å². The van der Waals surface area contributed by atoms with Crippen LogP contribution in [0.15, 0.2) is 59.7 Å². The van der Waals surface area contributed by atoms with E-state index in [2.05, 4.69) is 33.1 Å². The van der Waals surface area contributed by atoms with E-state index < -0.39 is 5.91 Å². The number of halogens is 3. The number of amides is 1. The van der Waals surface area contributed by atoms with E-state index in [1.54, 1.807) is 36.4 Å². The Morgan fingerprint density at radius 1 is 1.19 bits per heavy atom. The minimum atomic E-state index is -0.518. The van der Waals surface area contributed by atoms with Gasteiger partial charge in [0.1, 0.15) is 12.4 Å². The van der Waals surface area contributed by atoms with Gasteiger partial charge in [-0.15, -0.1) is 0 Å². The van der Waals surface area contributed by atoms with Gasteiger partial charge < -0.3 is 14.6 Å². The Kier molecular flexibility index (Phi) is 8.00. The van der Waals surface area contributed by atoms with E-state index in [0.717, 1.165) is 9.13 Å². The van der Waals surface area contributed by atoms with Crippen LogP contribution < -0.4 is 14.9 Å². The number of nitrogens with one attached hydrogen (secondary N) is 1. The minimum Gasteiger partial charge on any atom is -0.507 e. The summed E-state index contributed by atoms with van der Waals surface area (Å²) in [5, 5.41) is 14.8. The highest BCUT2D eigenvalue weighted by Gasteiger charge is 2.13. The van der Waals surface area contributed by atoms with Gasteiger partial charge in [-0.1, -0.05) is 41.4 Å². The smallest absolute Gasteiger partial charge is 0.275 e. The van der Waals surface area contributed by atoms with E-state index in [1.807, 2.05) is 6.07 Å². The summed E-state index contributed by atoms with van der Waals surface area (Å²) in [4.78, 5) is 12.1. The third-order valence-corrected chi connectivity index (χ3v) is 5.56. The van der Waals surface area contributed by atoms with E-state index in [-0.39, 0.29) is 17.9 Å². The number of phenols is 1. The summed E-state index contributed by atoms with van der Waals surface area (Å²) in [6.07, 6.45) is 1.47. The molecule has 0 saturated carbocycles. The zero-order chi connectivity index (χ0) is 22.4. The fraction of sp³-hybridized carbons (Fsp3) is 0.0909. The molecule has 160 valence electrons. The molecule has 0 fully saturated rings. The summed E-state index contributed by atoms with van der Waals surface area (Å²) in [6, 6.07) is 15.0. The van der Waals surface area contributed by atoms with Crippen LogP contribution in [0, 0.1) is 3.57 Å². The molecule has 0 atom stereocenters. The minimum absolute atomic E-state index is 0.117. The number of benzene rings is 3. The van der Waals surface area contributed by atoms with Crippen LogP contribution >= 0.6 is 45.8 Å². The summed E-state index contributed by atoms with van der Waals surface area (Å²) in [5.74, 6) is 0.430. The number of methoxy groups -OCH3 is 1. The molecule has 3 aromatic carbocycles. The molecule has 0 heterocycles. The van der Waals surface area contributed by atoms with E-state index in [4.69, 9.17) is 32.7 Å². The van der Waals surface area contributed by atoms with Crippen molar-refractivity contribution >= 4 is 57.9 Å². The molecule has 2 N–H and O–H groups in total. The number of nitrogens with zero attached hydrogens (tertiary/aromatic N) is 1. The number of para-hydroxylation sites is 1. The largest absolute Gasteiger partial charge is 0.507 e. The molecule has 0 aromatic heterocycles. The van der Waals surface area contributed by atoms with Gasteiger partial charge in [0, 0.05) is 15.6 Å². The molecule has 0 bridgehead atoms. The maximum Gasteiger partial charge on any atom is 0.275 e. The molecule has 0 saturated heterocycles. The van der Waals surface area contributed by atoms with Gasteiger partial charge in [-0.05, 0) is 64.6 Å². The van der Waals surface area contributed by atoms with Crippen molar-refractivity contribution in [3.8, 4) is 17.2 Å². The predicted molar refractivity (Wildman–Crippen MR) is 130 cm³/mol. The SMILES string of the molecule is COc1cc(/C=N\NC(=O)c2ccccc2O)cc(I)c1OCc1ccc(Cl)cc1Cl. The van der Waals surface area contributed by atoms with Gasteiger partial charge in [-0.2, -0.15) is 5.10 Å². The Labute approximate surface area is 202 Å². The van der Waals surface area contributed by atoms with Crippen LogP contribution in [0.1, 0.15) is 21.5 Å². The lowest BCUT2D eigenvalue weighted by atomic mass is 10.2. The zero-order valence-electron chi connectivity index (χ0n) is 16.2. The standard InChI is InChI=1S/C22H17Cl2IN2O4/c1-30-20-9-13(11-26-27-22(29)16-4-2-3-5-19(16)28)8-18(25)21(20)31-12-14-6-7-15(23)10-17(14)24/h2-11,28H,12H2,1H3,(H,27,29)/b26-11-. The van der Waals surface area contributed by atoms with E-state index in [1.165, 1.54) is 25.5 Å². The highest BCUT2D eigenvalue weighted by atomic mass is 127. The molecular formula is C22H17Cl2IN2O4. The highest BCUT2D eigenvalue weighted by Crippen LogP contribution is 2.35. The summed E-state index contributed by atoms with van der Waals surface area (Å²) < 4.78 is 12.2. The van der Waals surface area contributed by atoms with Crippen molar-refractivity contribution in [2.24, 2.45) is 5.10 Å².